The van der Waals surface area contributed by atoms with E-state index in [2.05, 4.69) is 103 Å². The van der Waals surface area contributed by atoms with Gasteiger partial charge in [-0.2, -0.15) is 0 Å². The van der Waals surface area contributed by atoms with E-state index in [9.17, 15) is 0 Å². The standard InChI is InChI=1S/C35H34N4OS/c1-5-26-10-6-7-12-32(26)38-24(3)22-30(25(38)4)34-33(31-11-8-9-21-36-31)37-35(41)39(34)27-15-19-29(20-16-27)40-28-17-13-23(2)14-18-28/h6-22,33-34H,5H2,1-4H3,(H,37,41)/t33-,34-/m1/s1. The van der Waals surface area contributed by atoms with E-state index in [0.717, 1.165) is 29.3 Å². The minimum absolute atomic E-state index is 0.0880. The summed E-state index contributed by atoms with van der Waals surface area (Å²) in [6.07, 6.45) is 2.81. The molecule has 1 aliphatic heterocycles. The molecule has 3 aromatic carbocycles. The molecule has 0 amide bonds. The minimum Gasteiger partial charge on any atom is -0.457 e. The minimum atomic E-state index is -0.109. The molecule has 1 aliphatic rings. The first-order valence-corrected chi connectivity index (χ1v) is 14.5. The fourth-order valence-electron chi connectivity index (χ4n) is 5.85. The third kappa shape index (κ3) is 5.11. The highest BCUT2D eigenvalue weighted by Gasteiger charge is 2.42. The van der Waals surface area contributed by atoms with E-state index in [4.69, 9.17) is 21.9 Å². The monoisotopic (exact) mass is 558 g/mol. The fourth-order valence-corrected chi connectivity index (χ4v) is 6.20. The molecule has 5 aromatic rings. The van der Waals surface area contributed by atoms with Gasteiger partial charge >= 0.3 is 0 Å². The zero-order valence-electron chi connectivity index (χ0n) is 23.8. The Bertz CT molecular complexity index is 1680. The average Bonchev–Trinajstić information content (AvgIpc) is 3.49. The number of aromatic nitrogens is 2. The zero-order valence-corrected chi connectivity index (χ0v) is 24.7. The number of nitrogens with zero attached hydrogens (tertiary/aromatic N) is 3. The molecule has 6 rings (SSSR count). The van der Waals surface area contributed by atoms with Crippen molar-refractivity contribution in [1.29, 1.82) is 0 Å². The van der Waals surface area contributed by atoms with Gasteiger partial charge in [-0.05, 0) is 111 Å². The highest BCUT2D eigenvalue weighted by atomic mass is 32.1. The van der Waals surface area contributed by atoms with Gasteiger partial charge in [0.25, 0.3) is 0 Å². The molecule has 0 radical (unpaired) electrons. The molecule has 3 heterocycles. The molecule has 0 spiro atoms. The van der Waals surface area contributed by atoms with Crippen molar-refractivity contribution in [2.45, 2.75) is 46.2 Å². The number of hydrogen-bond acceptors (Lipinski definition) is 3. The molecule has 0 bridgehead atoms. The molecular formula is C35H34N4OS. The first-order chi connectivity index (χ1) is 19.9. The number of benzene rings is 3. The molecule has 2 aromatic heterocycles. The van der Waals surface area contributed by atoms with Crippen LogP contribution in [0.2, 0.25) is 0 Å². The summed E-state index contributed by atoms with van der Waals surface area (Å²) in [6.45, 7) is 8.67. The predicted molar refractivity (Wildman–Crippen MR) is 170 cm³/mol. The number of hydrogen-bond donors (Lipinski definition) is 1. The van der Waals surface area contributed by atoms with Crippen molar-refractivity contribution in [3.8, 4) is 17.2 Å². The van der Waals surface area contributed by atoms with Crippen molar-refractivity contribution < 1.29 is 4.74 Å². The Morgan fingerprint density at radius 3 is 2.22 bits per heavy atom. The number of nitrogens with one attached hydrogen (secondary N) is 1. The number of para-hydroxylation sites is 1. The summed E-state index contributed by atoms with van der Waals surface area (Å²) in [5.41, 5.74) is 9.32. The number of thiocarbonyl (C=S) groups is 1. The maximum atomic E-state index is 6.11. The van der Waals surface area contributed by atoms with E-state index < -0.39 is 0 Å². The van der Waals surface area contributed by atoms with Crippen molar-refractivity contribution in [3.63, 3.8) is 0 Å². The maximum absolute atomic E-state index is 6.11. The summed E-state index contributed by atoms with van der Waals surface area (Å²) < 4.78 is 8.49. The van der Waals surface area contributed by atoms with Gasteiger partial charge < -0.3 is 19.5 Å². The smallest absolute Gasteiger partial charge is 0.174 e. The second-order valence-corrected chi connectivity index (χ2v) is 10.9. The maximum Gasteiger partial charge on any atom is 0.174 e. The van der Waals surface area contributed by atoms with Crippen LogP contribution in [0.5, 0.6) is 11.5 Å². The molecule has 5 nitrogen and oxygen atoms in total. The van der Waals surface area contributed by atoms with Gasteiger partial charge in [0.15, 0.2) is 5.11 Å². The molecule has 2 atom stereocenters. The number of rotatable bonds is 7. The summed E-state index contributed by atoms with van der Waals surface area (Å²) in [7, 11) is 0. The van der Waals surface area contributed by atoms with Gasteiger partial charge in [-0.25, -0.2) is 0 Å². The van der Waals surface area contributed by atoms with Gasteiger partial charge in [-0.1, -0.05) is 48.9 Å². The van der Waals surface area contributed by atoms with E-state index in [0.29, 0.717) is 5.11 Å². The lowest BCUT2D eigenvalue weighted by atomic mass is 9.96. The molecule has 0 aliphatic carbocycles. The van der Waals surface area contributed by atoms with Crippen molar-refractivity contribution >= 4 is 23.0 Å². The van der Waals surface area contributed by atoms with Crippen LogP contribution in [0.4, 0.5) is 5.69 Å². The van der Waals surface area contributed by atoms with Crippen LogP contribution in [0.1, 0.15) is 52.8 Å². The molecule has 41 heavy (non-hydrogen) atoms. The van der Waals surface area contributed by atoms with Crippen LogP contribution in [0.25, 0.3) is 5.69 Å². The van der Waals surface area contributed by atoms with Crippen LogP contribution in [0, 0.1) is 20.8 Å². The summed E-state index contributed by atoms with van der Waals surface area (Å²) in [4.78, 5) is 6.96. The molecule has 1 fully saturated rings. The predicted octanol–water partition coefficient (Wildman–Crippen LogP) is 8.33. The normalized spacial score (nSPS) is 16.6. The third-order valence-corrected chi connectivity index (χ3v) is 8.19. The van der Waals surface area contributed by atoms with Crippen molar-refractivity contribution in [2.75, 3.05) is 4.90 Å². The van der Waals surface area contributed by atoms with Crippen LogP contribution in [-0.4, -0.2) is 14.7 Å². The van der Waals surface area contributed by atoms with E-state index >= 15 is 0 Å². The topological polar surface area (TPSA) is 42.3 Å². The lowest BCUT2D eigenvalue weighted by Crippen LogP contribution is -2.29. The van der Waals surface area contributed by atoms with Crippen molar-refractivity contribution in [2.24, 2.45) is 0 Å². The van der Waals surface area contributed by atoms with E-state index in [1.54, 1.807) is 0 Å². The Morgan fingerprint density at radius 2 is 1.54 bits per heavy atom. The zero-order chi connectivity index (χ0) is 28.5. The highest BCUT2D eigenvalue weighted by Crippen LogP contribution is 2.44. The Labute approximate surface area is 247 Å². The Morgan fingerprint density at radius 1 is 0.854 bits per heavy atom. The molecule has 1 N–H and O–H groups in total. The fraction of sp³-hybridized carbons (Fsp3) is 0.200. The number of ether oxygens (including phenoxy) is 1. The SMILES string of the molecule is CCc1ccccc1-n1c(C)cc([C@@H]2[C@@H](c3ccccn3)NC(=S)N2c2ccc(Oc3ccc(C)cc3)cc2)c1C. The molecule has 0 unspecified atom stereocenters. The summed E-state index contributed by atoms with van der Waals surface area (Å²) in [5.74, 6) is 1.59. The van der Waals surface area contributed by atoms with Gasteiger partial charge in [-0.15, -0.1) is 0 Å². The van der Waals surface area contributed by atoms with Gasteiger partial charge in [0, 0.05) is 29.0 Å². The van der Waals surface area contributed by atoms with E-state index in [-0.39, 0.29) is 12.1 Å². The van der Waals surface area contributed by atoms with Crippen molar-refractivity contribution in [1.82, 2.24) is 14.9 Å². The summed E-state index contributed by atoms with van der Waals surface area (Å²) in [6, 6.07) is 33.1. The number of anilines is 1. The largest absolute Gasteiger partial charge is 0.457 e. The lowest BCUT2D eigenvalue weighted by molar-refractivity contribution is 0.482. The van der Waals surface area contributed by atoms with Gasteiger partial charge in [0.1, 0.15) is 11.5 Å². The third-order valence-electron chi connectivity index (χ3n) is 7.87. The number of aryl methyl sites for hydroxylation is 3. The molecule has 6 heteroatoms. The van der Waals surface area contributed by atoms with Gasteiger partial charge in [-0.3, -0.25) is 4.98 Å². The highest BCUT2D eigenvalue weighted by molar-refractivity contribution is 7.80. The molecule has 0 saturated carbocycles. The quantitative estimate of drug-likeness (QED) is 0.203. The Balaban J connectivity index is 1.42. The van der Waals surface area contributed by atoms with Crippen molar-refractivity contribution in [3.05, 3.63) is 137 Å². The lowest BCUT2D eigenvalue weighted by Gasteiger charge is -2.28. The first kappa shape index (κ1) is 26.8. The van der Waals surface area contributed by atoms with E-state index in [1.165, 1.54) is 33.8 Å². The molecule has 206 valence electrons. The second-order valence-electron chi connectivity index (χ2n) is 10.5. The second kappa shape index (κ2) is 11.2. The van der Waals surface area contributed by atoms with Crippen LogP contribution < -0.4 is 15.0 Å². The van der Waals surface area contributed by atoms with Crippen LogP contribution in [0.3, 0.4) is 0 Å². The van der Waals surface area contributed by atoms with Gasteiger partial charge in [0.2, 0.25) is 0 Å². The summed E-state index contributed by atoms with van der Waals surface area (Å²) in [5, 5.41) is 4.28. The van der Waals surface area contributed by atoms with Crippen LogP contribution in [-0.2, 0) is 6.42 Å². The van der Waals surface area contributed by atoms with Crippen LogP contribution >= 0.6 is 12.2 Å². The van der Waals surface area contributed by atoms with Crippen LogP contribution in [0.15, 0.2) is 103 Å². The molecule has 1 saturated heterocycles. The Kier molecular flexibility index (Phi) is 7.33. The average molecular weight is 559 g/mol. The molecular weight excluding hydrogens is 524 g/mol. The number of pyridine rings is 1. The Hall–Kier alpha value is -4.42. The van der Waals surface area contributed by atoms with E-state index in [1.807, 2.05) is 42.6 Å². The van der Waals surface area contributed by atoms with Gasteiger partial charge in [0.05, 0.1) is 17.8 Å². The first-order valence-electron chi connectivity index (χ1n) is 14.1. The summed E-state index contributed by atoms with van der Waals surface area (Å²) >= 11 is 5.99.